The highest BCUT2D eigenvalue weighted by Crippen LogP contribution is 2.26. The number of aromatic nitrogens is 4. The quantitative estimate of drug-likeness (QED) is 0.284. The van der Waals surface area contributed by atoms with Crippen LogP contribution >= 0.6 is 11.3 Å². The summed E-state index contributed by atoms with van der Waals surface area (Å²) in [7, 11) is 0. The molecule has 1 N–H and O–H groups in total. The Hall–Kier alpha value is -4.04. The fourth-order valence-electron chi connectivity index (χ4n) is 3.50. The van der Waals surface area contributed by atoms with Crippen molar-refractivity contribution in [3.63, 3.8) is 0 Å². The molecule has 0 aliphatic rings. The van der Waals surface area contributed by atoms with Crippen molar-refractivity contribution in [3.8, 4) is 27.7 Å². The Balaban J connectivity index is 1.34. The summed E-state index contributed by atoms with van der Waals surface area (Å²) in [5.74, 6) is 1.29. The second-order valence-corrected chi connectivity index (χ2v) is 8.70. The molecule has 0 saturated carbocycles. The van der Waals surface area contributed by atoms with Gasteiger partial charge in [0.2, 0.25) is 0 Å². The maximum absolute atomic E-state index is 12.8. The zero-order chi connectivity index (χ0) is 23.3. The Bertz CT molecular complexity index is 1410. The van der Waals surface area contributed by atoms with Gasteiger partial charge in [-0.05, 0) is 66.4 Å². The Kier molecular flexibility index (Phi) is 6.31. The van der Waals surface area contributed by atoms with Crippen molar-refractivity contribution < 1.29 is 9.53 Å². The number of hydrogen-bond donors (Lipinski definition) is 1. The molecule has 0 saturated heterocycles. The fourth-order valence-corrected chi connectivity index (χ4v) is 4.19. The van der Waals surface area contributed by atoms with Gasteiger partial charge >= 0.3 is 0 Å². The molecule has 170 valence electrons. The molecule has 0 fully saturated rings. The number of carbonyl (C=O) groups excluding carboxylic acids is 1. The Morgan fingerprint density at radius 1 is 1.03 bits per heavy atom. The van der Waals surface area contributed by atoms with Gasteiger partial charge in [0.05, 0.1) is 17.2 Å². The van der Waals surface area contributed by atoms with E-state index in [0.29, 0.717) is 29.3 Å². The number of nitrogens with zero attached hydrogens (tertiary/aromatic N) is 4. The molecule has 5 rings (SSSR count). The van der Waals surface area contributed by atoms with Gasteiger partial charge in [0.25, 0.3) is 5.91 Å². The van der Waals surface area contributed by atoms with E-state index in [1.54, 1.807) is 28.0 Å². The number of hydrogen-bond acceptors (Lipinski definition) is 6. The molecule has 0 unspecified atom stereocenters. The smallest absolute Gasteiger partial charge is 0.255 e. The highest BCUT2D eigenvalue weighted by atomic mass is 32.1. The second kappa shape index (κ2) is 9.84. The predicted molar refractivity (Wildman–Crippen MR) is 134 cm³/mol. The summed E-state index contributed by atoms with van der Waals surface area (Å²) in [5.41, 5.74) is 3.58. The summed E-state index contributed by atoms with van der Waals surface area (Å²) in [4.78, 5) is 13.8. The molecule has 2 aromatic carbocycles. The summed E-state index contributed by atoms with van der Waals surface area (Å²) in [6.07, 6.45) is 2.09. The fraction of sp³-hybridized carbons (Fsp3) is 0.154. The van der Waals surface area contributed by atoms with E-state index in [1.165, 1.54) is 0 Å². The molecule has 0 aliphatic carbocycles. The van der Waals surface area contributed by atoms with Crippen LogP contribution in [0.1, 0.15) is 30.1 Å². The topological polar surface area (TPSA) is 81.4 Å². The number of unbranched alkanes of at least 4 members (excludes halogenated alkanes) is 1. The van der Waals surface area contributed by atoms with Crippen molar-refractivity contribution in [2.45, 2.75) is 19.8 Å². The summed E-state index contributed by atoms with van der Waals surface area (Å²) >= 11 is 1.59. The first-order valence-electron chi connectivity index (χ1n) is 11.1. The highest BCUT2D eigenvalue weighted by molar-refractivity contribution is 7.13. The molecular weight excluding hydrogens is 446 g/mol. The van der Waals surface area contributed by atoms with Crippen LogP contribution in [0.25, 0.3) is 27.6 Å². The van der Waals surface area contributed by atoms with Crippen molar-refractivity contribution in [1.29, 1.82) is 0 Å². The molecule has 0 aliphatic heterocycles. The maximum Gasteiger partial charge on any atom is 0.255 e. The molecule has 5 aromatic rings. The van der Waals surface area contributed by atoms with Gasteiger partial charge < -0.3 is 10.1 Å². The van der Waals surface area contributed by atoms with Crippen molar-refractivity contribution in [3.05, 3.63) is 83.7 Å². The third-order valence-electron chi connectivity index (χ3n) is 5.30. The predicted octanol–water partition coefficient (Wildman–Crippen LogP) is 5.95. The van der Waals surface area contributed by atoms with E-state index in [4.69, 9.17) is 9.84 Å². The number of amides is 1. The third-order valence-corrected chi connectivity index (χ3v) is 6.17. The number of carbonyl (C=O) groups is 1. The lowest BCUT2D eigenvalue weighted by Crippen LogP contribution is -2.11. The van der Waals surface area contributed by atoms with Crippen LogP contribution in [0.3, 0.4) is 0 Å². The molecule has 3 heterocycles. The van der Waals surface area contributed by atoms with Crippen molar-refractivity contribution in [2.24, 2.45) is 0 Å². The molecule has 0 atom stereocenters. The van der Waals surface area contributed by atoms with Crippen LogP contribution < -0.4 is 10.1 Å². The monoisotopic (exact) mass is 469 g/mol. The minimum atomic E-state index is -0.181. The van der Waals surface area contributed by atoms with E-state index >= 15 is 0 Å². The lowest BCUT2D eigenvalue weighted by Gasteiger charge is -2.09. The summed E-state index contributed by atoms with van der Waals surface area (Å²) < 4.78 is 7.42. The van der Waals surface area contributed by atoms with Gasteiger partial charge in [-0.25, -0.2) is 0 Å². The number of nitrogens with one attached hydrogen (secondary N) is 1. The normalized spacial score (nSPS) is 11.0. The summed E-state index contributed by atoms with van der Waals surface area (Å²) in [5, 5.41) is 18.2. The lowest BCUT2D eigenvalue weighted by molar-refractivity contribution is 0.102. The van der Waals surface area contributed by atoms with Crippen LogP contribution in [-0.2, 0) is 0 Å². The first-order chi connectivity index (χ1) is 16.7. The number of fused-ring (bicyclic) bond motifs is 1. The molecule has 0 bridgehead atoms. The third kappa shape index (κ3) is 4.67. The number of ether oxygens (including phenoxy) is 1. The highest BCUT2D eigenvalue weighted by Gasteiger charge is 2.12. The van der Waals surface area contributed by atoms with Gasteiger partial charge in [-0.3, -0.25) is 4.79 Å². The van der Waals surface area contributed by atoms with Gasteiger partial charge in [0, 0.05) is 16.8 Å². The second-order valence-electron chi connectivity index (χ2n) is 7.75. The van der Waals surface area contributed by atoms with Gasteiger partial charge in [0.15, 0.2) is 11.5 Å². The first kappa shape index (κ1) is 21.8. The van der Waals surface area contributed by atoms with Gasteiger partial charge in [-0.1, -0.05) is 31.5 Å². The molecule has 3 aromatic heterocycles. The zero-order valence-corrected chi connectivity index (χ0v) is 19.5. The van der Waals surface area contributed by atoms with Crippen LogP contribution in [0, 0.1) is 0 Å². The van der Waals surface area contributed by atoms with Gasteiger partial charge in [-0.2, -0.15) is 9.61 Å². The Labute approximate surface area is 201 Å². The molecule has 8 heteroatoms. The largest absolute Gasteiger partial charge is 0.494 e. The summed E-state index contributed by atoms with van der Waals surface area (Å²) in [6, 6.07) is 22.6. The summed E-state index contributed by atoms with van der Waals surface area (Å²) in [6.45, 7) is 2.80. The number of benzene rings is 2. The van der Waals surface area contributed by atoms with Crippen LogP contribution in [-0.4, -0.2) is 32.3 Å². The lowest BCUT2D eigenvalue weighted by atomic mass is 10.1. The number of anilines is 1. The van der Waals surface area contributed by atoms with Gasteiger partial charge in [0.1, 0.15) is 5.75 Å². The van der Waals surface area contributed by atoms with E-state index < -0.39 is 0 Å². The number of thiophene rings is 1. The molecule has 0 spiro atoms. The van der Waals surface area contributed by atoms with E-state index in [0.717, 1.165) is 34.7 Å². The zero-order valence-electron chi connectivity index (χ0n) is 18.6. The van der Waals surface area contributed by atoms with E-state index in [2.05, 4.69) is 22.4 Å². The Morgan fingerprint density at radius 2 is 1.91 bits per heavy atom. The molecule has 0 radical (unpaired) electrons. The van der Waals surface area contributed by atoms with Crippen LogP contribution in [0.5, 0.6) is 5.75 Å². The average Bonchev–Trinajstić information content (AvgIpc) is 3.54. The number of rotatable bonds is 8. The average molecular weight is 470 g/mol. The van der Waals surface area contributed by atoms with Crippen molar-refractivity contribution in [2.75, 3.05) is 11.9 Å². The van der Waals surface area contributed by atoms with Crippen LogP contribution in [0.4, 0.5) is 5.69 Å². The van der Waals surface area contributed by atoms with Crippen LogP contribution in [0.2, 0.25) is 0 Å². The molecule has 1 amide bonds. The Morgan fingerprint density at radius 3 is 2.71 bits per heavy atom. The molecule has 7 nitrogen and oxygen atoms in total. The minimum absolute atomic E-state index is 0.181. The van der Waals surface area contributed by atoms with E-state index in [9.17, 15) is 4.79 Å². The van der Waals surface area contributed by atoms with Crippen molar-refractivity contribution in [1.82, 2.24) is 19.8 Å². The SMILES string of the molecule is CCCCOc1ccc(C(=O)Nc2cccc(-c3ccc4nnc(-c5cccs5)n4n3)c2)cc1. The standard InChI is InChI=1S/C26H23N5O2S/c1-2-3-15-33-21-11-9-18(10-12-21)26(32)27-20-7-4-6-19(17-20)22-13-14-24-28-29-25(31(24)30-22)23-8-5-16-34-23/h4-14,16-17H,2-3,15H2,1H3,(H,27,32). The first-order valence-corrected chi connectivity index (χ1v) is 12.0. The van der Waals surface area contributed by atoms with Gasteiger partial charge in [-0.15, -0.1) is 21.5 Å². The van der Waals surface area contributed by atoms with E-state index in [-0.39, 0.29) is 5.91 Å². The van der Waals surface area contributed by atoms with Crippen LogP contribution in [0.15, 0.2) is 78.2 Å². The molecule has 34 heavy (non-hydrogen) atoms. The van der Waals surface area contributed by atoms with E-state index in [1.807, 2.05) is 66.0 Å². The minimum Gasteiger partial charge on any atom is -0.494 e. The van der Waals surface area contributed by atoms with Crippen molar-refractivity contribution >= 4 is 28.6 Å². The maximum atomic E-state index is 12.8. The molecular formula is C26H23N5O2S.